The number of carbonyl (C=O) groups excluding carboxylic acids is 1. The molecule has 1 aromatic carbocycles. The topological polar surface area (TPSA) is 64.3 Å². The van der Waals surface area contributed by atoms with Crippen LogP contribution in [0.3, 0.4) is 0 Å². The summed E-state index contributed by atoms with van der Waals surface area (Å²) in [6.07, 6.45) is 0. The SMILES string of the molecule is NNC(=O)COc1cc(Cl)cc(Cl)c1. The first-order valence-electron chi connectivity index (χ1n) is 3.70. The zero-order valence-corrected chi connectivity index (χ0v) is 8.60. The lowest BCUT2D eigenvalue weighted by Gasteiger charge is -2.05. The highest BCUT2D eigenvalue weighted by molar-refractivity contribution is 6.34. The van der Waals surface area contributed by atoms with Crippen molar-refractivity contribution in [1.29, 1.82) is 0 Å². The molecule has 0 radical (unpaired) electrons. The molecule has 0 aliphatic carbocycles. The Labute approximate surface area is 90.9 Å². The molecular formula is C8H8Cl2N2O2. The van der Waals surface area contributed by atoms with Crippen molar-refractivity contribution in [3.8, 4) is 5.75 Å². The predicted octanol–water partition coefficient (Wildman–Crippen LogP) is 1.36. The standard InChI is InChI=1S/C8H8Cl2N2O2/c9-5-1-6(10)3-7(2-5)14-4-8(13)12-11/h1-3H,4,11H2,(H,12,13). The molecule has 1 amide bonds. The van der Waals surface area contributed by atoms with E-state index in [2.05, 4.69) is 0 Å². The van der Waals surface area contributed by atoms with Crippen LogP contribution in [0.1, 0.15) is 0 Å². The van der Waals surface area contributed by atoms with Gasteiger partial charge in [-0.3, -0.25) is 10.2 Å². The summed E-state index contributed by atoms with van der Waals surface area (Å²) in [5, 5.41) is 0.890. The molecule has 0 heterocycles. The Hall–Kier alpha value is -0.970. The van der Waals surface area contributed by atoms with E-state index in [0.717, 1.165) is 0 Å². The van der Waals surface area contributed by atoms with Crippen molar-refractivity contribution in [2.24, 2.45) is 5.84 Å². The largest absolute Gasteiger partial charge is 0.484 e. The maximum absolute atomic E-state index is 10.7. The number of nitrogens with one attached hydrogen (secondary N) is 1. The summed E-state index contributed by atoms with van der Waals surface area (Å²) < 4.78 is 5.06. The summed E-state index contributed by atoms with van der Waals surface area (Å²) in [7, 11) is 0. The molecule has 4 nitrogen and oxygen atoms in total. The monoisotopic (exact) mass is 234 g/mol. The van der Waals surface area contributed by atoms with Crippen molar-refractivity contribution in [1.82, 2.24) is 5.43 Å². The average molecular weight is 235 g/mol. The second kappa shape index (κ2) is 5.05. The second-order valence-electron chi connectivity index (χ2n) is 2.46. The second-order valence-corrected chi connectivity index (χ2v) is 3.33. The molecule has 0 spiro atoms. The van der Waals surface area contributed by atoms with E-state index in [-0.39, 0.29) is 6.61 Å². The van der Waals surface area contributed by atoms with Crippen molar-refractivity contribution < 1.29 is 9.53 Å². The Morgan fingerprint density at radius 1 is 1.36 bits per heavy atom. The Bertz CT molecular complexity index is 324. The molecule has 3 N–H and O–H groups in total. The maximum Gasteiger partial charge on any atom is 0.271 e. The molecule has 0 aliphatic heterocycles. The smallest absolute Gasteiger partial charge is 0.271 e. The molecule has 0 unspecified atom stereocenters. The van der Waals surface area contributed by atoms with Gasteiger partial charge in [0.05, 0.1) is 0 Å². The number of amides is 1. The molecule has 76 valence electrons. The van der Waals surface area contributed by atoms with Crippen LogP contribution >= 0.6 is 23.2 Å². The number of ether oxygens (including phenoxy) is 1. The van der Waals surface area contributed by atoms with Crippen molar-refractivity contribution in [2.75, 3.05) is 6.61 Å². The molecule has 0 saturated heterocycles. The first kappa shape index (κ1) is 11.1. The molecule has 0 fully saturated rings. The number of halogens is 2. The molecule has 1 rings (SSSR count). The molecule has 0 saturated carbocycles. The summed E-state index contributed by atoms with van der Waals surface area (Å²) in [5.74, 6) is 4.86. The minimum absolute atomic E-state index is 0.173. The van der Waals surface area contributed by atoms with Gasteiger partial charge in [-0.15, -0.1) is 0 Å². The summed E-state index contributed by atoms with van der Waals surface area (Å²) >= 11 is 11.4. The van der Waals surface area contributed by atoms with E-state index in [0.29, 0.717) is 15.8 Å². The molecule has 1 aromatic rings. The van der Waals surface area contributed by atoms with Crippen LogP contribution in [0.2, 0.25) is 10.0 Å². The number of carbonyl (C=O) groups is 1. The number of rotatable bonds is 3. The quantitative estimate of drug-likeness (QED) is 0.472. The zero-order valence-electron chi connectivity index (χ0n) is 7.09. The number of hydrogen-bond donors (Lipinski definition) is 2. The van der Waals surface area contributed by atoms with Crippen molar-refractivity contribution in [3.63, 3.8) is 0 Å². The van der Waals surface area contributed by atoms with E-state index < -0.39 is 5.91 Å². The van der Waals surface area contributed by atoms with Gasteiger partial charge in [0.1, 0.15) is 5.75 Å². The molecule has 0 bridgehead atoms. The van der Waals surface area contributed by atoms with Crippen LogP contribution in [0.15, 0.2) is 18.2 Å². The molecule has 6 heteroatoms. The van der Waals surface area contributed by atoms with Gasteiger partial charge in [-0.1, -0.05) is 23.2 Å². The molecular weight excluding hydrogens is 227 g/mol. The molecule has 0 aliphatic rings. The third kappa shape index (κ3) is 3.41. The highest BCUT2D eigenvalue weighted by Gasteiger charge is 2.02. The Morgan fingerprint density at radius 3 is 2.43 bits per heavy atom. The first-order valence-corrected chi connectivity index (χ1v) is 4.46. The molecule has 0 atom stereocenters. The van der Waals surface area contributed by atoms with Crippen LogP contribution in [0.25, 0.3) is 0 Å². The normalized spacial score (nSPS) is 9.64. The number of benzene rings is 1. The van der Waals surface area contributed by atoms with Crippen LogP contribution in [0.4, 0.5) is 0 Å². The lowest BCUT2D eigenvalue weighted by atomic mass is 10.3. The Morgan fingerprint density at radius 2 is 1.93 bits per heavy atom. The van der Waals surface area contributed by atoms with E-state index in [9.17, 15) is 4.79 Å². The summed E-state index contributed by atoms with van der Waals surface area (Å²) in [6.45, 7) is -0.173. The van der Waals surface area contributed by atoms with E-state index >= 15 is 0 Å². The fourth-order valence-electron chi connectivity index (χ4n) is 0.802. The van der Waals surface area contributed by atoms with Gasteiger partial charge in [0, 0.05) is 10.0 Å². The van der Waals surface area contributed by atoms with Crippen molar-refractivity contribution in [3.05, 3.63) is 28.2 Å². The number of nitrogens with two attached hydrogens (primary N) is 1. The van der Waals surface area contributed by atoms with Crippen LogP contribution in [0.5, 0.6) is 5.75 Å². The van der Waals surface area contributed by atoms with Gasteiger partial charge in [0.25, 0.3) is 5.91 Å². The highest BCUT2D eigenvalue weighted by Crippen LogP contribution is 2.23. The lowest BCUT2D eigenvalue weighted by Crippen LogP contribution is -2.34. The summed E-state index contributed by atoms with van der Waals surface area (Å²) in [6, 6.07) is 4.67. The van der Waals surface area contributed by atoms with Gasteiger partial charge in [-0.25, -0.2) is 5.84 Å². The van der Waals surface area contributed by atoms with E-state index in [4.69, 9.17) is 33.8 Å². The van der Waals surface area contributed by atoms with Crippen LogP contribution < -0.4 is 16.0 Å². The zero-order chi connectivity index (χ0) is 10.6. The van der Waals surface area contributed by atoms with Crippen LogP contribution in [-0.2, 0) is 4.79 Å². The van der Waals surface area contributed by atoms with Gasteiger partial charge in [-0.05, 0) is 18.2 Å². The summed E-state index contributed by atoms with van der Waals surface area (Å²) in [5.41, 5.74) is 1.93. The Kier molecular flexibility index (Phi) is 4.00. The van der Waals surface area contributed by atoms with Crippen molar-refractivity contribution >= 4 is 29.1 Å². The van der Waals surface area contributed by atoms with E-state index in [1.165, 1.54) is 0 Å². The molecule has 0 aromatic heterocycles. The van der Waals surface area contributed by atoms with Gasteiger partial charge in [0.15, 0.2) is 6.61 Å². The summed E-state index contributed by atoms with van der Waals surface area (Å²) in [4.78, 5) is 10.7. The minimum Gasteiger partial charge on any atom is -0.484 e. The van der Waals surface area contributed by atoms with E-state index in [1.807, 2.05) is 5.43 Å². The minimum atomic E-state index is -0.430. The third-order valence-corrected chi connectivity index (χ3v) is 1.80. The first-order chi connectivity index (χ1) is 6.61. The number of hydrogen-bond acceptors (Lipinski definition) is 3. The van der Waals surface area contributed by atoms with Crippen LogP contribution in [-0.4, -0.2) is 12.5 Å². The lowest BCUT2D eigenvalue weighted by molar-refractivity contribution is -0.123. The average Bonchev–Trinajstić information content (AvgIpc) is 2.12. The van der Waals surface area contributed by atoms with Gasteiger partial charge in [-0.2, -0.15) is 0 Å². The molecule has 14 heavy (non-hydrogen) atoms. The van der Waals surface area contributed by atoms with Gasteiger partial charge < -0.3 is 4.74 Å². The predicted molar refractivity (Wildman–Crippen MR) is 54.3 cm³/mol. The third-order valence-electron chi connectivity index (χ3n) is 1.37. The van der Waals surface area contributed by atoms with Crippen LogP contribution in [0, 0.1) is 0 Å². The van der Waals surface area contributed by atoms with Gasteiger partial charge >= 0.3 is 0 Å². The number of hydrazine groups is 1. The fraction of sp³-hybridized carbons (Fsp3) is 0.125. The fourth-order valence-corrected chi connectivity index (χ4v) is 1.31. The highest BCUT2D eigenvalue weighted by atomic mass is 35.5. The maximum atomic E-state index is 10.7. The van der Waals surface area contributed by atoms with Crippen molar-refractivity contribution in [2.45, 2.75) is 0 Å². The van der Waals surface area contributed by atoms with Gasteiger partial charge in [0.2, 0.25) is 0 Å². The Balaban J connectivity index is 2.63. The van der Waals surface area contributed by atoms with E-state index in [1.54, 1.807) is 18.2 Å².